The summed E-state index contributed by atoms with van der Waals surface area (Å²) in [5.74, 6) is -0.436. The highest BCUT2D eigenvalue weighted by atomic mass is 19.1. The monoisotopic (exact) mass is 410 g/mol. The van der Waals surface area contributed by atoms with E-state index in [1.165, 1.54) is 25.1 Å². The zero-order chi connectivity index (χ0) is 21.3. The van der Waals surface area contributed by atoms with Crippen LogP contribution >= 0.6 is 0 Å². The van der Waals surface area contributed by atoms with Gasteiger partial charge in [-0.3, -0.25) is 9.78 Å². The van der Waals surface area contributed by atoms with E-state index in [4.69, 9.17) is 14.2 Å². The van der Waals surface area contributed by atoms with Gasteiger partial charge in [-0.2, -0.15) is 0 Å². The molecular weight excluding hydrogens is 391 g/mol. The molecule has 8 heteroatoms. The second-order valence-corrected chi connectivity index (χ2v) is 6.85. The molecule has 154 valence electrons. The fourth-order valence-electron chi connectivity index (χ4n) is 3.09. The van der Waals surface area contributed by atoms with E-state index in [0.717, 1.165) is 0 Å². The van der Waals surface area contributed by atoms with Crippen molar-refractivity contribution in [3.05, 3.63) is 59.5 Å². The Morgan fingerprint density at radius 1 is 1.10 bits per heavy atom. The second-order valence-electron chi connectivity index (χ2n) is 6.85. The molecule has 30 heavy (non-hydrogen) atoms. The van der Waals surface area contributed by atoms with E-state index < -0.39 is 23.8 Å². The van der Waals surface area contributed by atoms with Crippen LogP contribution in [0, 0.1) is 12.7 Å². The Kier molecular flexibility index (Phi) is 5.22. The van der Waals surface area contributed by atoms with Crippen LogP contribution in [0.4, 0.5) is 10.1 Å². The van der Waals surface area contributed by atoms with Crippen molar-refractivity contribution in [2.75, 3.05) is 18.5 Å². The van der Waals surface area contributed by atoms with Gasteiger partial charge in [0.05, 0.1) is 16.8 Å². The van der Waals surface area contributed by atoms with E-state index in [2.05, 4.69) is 10.3 Å². The lowest BCUT2D eigenvalue weighted by Gasteiger charge is -2.19. The van der Waals surface area contributed by atoms with Crippen LogP contribution in [0.2, 0.25) is 0 Å². The number of nitrogens with one attached hydrogen (secondary N) is 1. The van der Waals surface area contributed by atoms with Gasteiger partial charge in [0, 0.05) is 23.2 Å². The number of hydrogen-bond donors (Lipinski definition) is 1. The quantitative estimate of drug-likeness (QED) is 0.661. The number of anilines is 1. The molecule has 1 aliphatic rings. The van der Waals surface area contributed by atoms with E-state index in [-0.39, 0.29) is 5.56 Å². The molecule has 0 bridgehead atoms. The summed E-state index contributed by atoms with van der Waals surface area (Å²) in [5.41, 5.74) is 1.54. The third kappa shape index (κ3) is 4.03. The Labute approximate surface area is 171 Å². The summed E-state index contributed by atoms with van der Waals surface area (Å²) in [6.45, 7) is 4.01. The summed E-state index contributed by atoms with van der Waals surface area (Å²) < 4.78 is 29.6. The van der Waals surface area contributed by atoms with Crippen LogP contribution < -0.4 is 14.8 Å². The lowest BCUT2D eigenvalue weighted by molar-refractivity contribution is -0.123. The van der Waals surface area contributed by atoms with Crippen molar-refractivity contribution in [3.8, 4) is 11.5 Å². The largest absolute Gasteiger partial charge is 0.486 e. The summed E-state index contributed by atoms with van der Waals surface area (Å²) in [6, 6.07) is 10.7. The van der Waals surface area contributed by atoms with Gasteiger partial charge in [0.1, 0.15) is 19.0 Å². The van der Waals surface area contributed by atoms with Crippen LogP contribution in [0.1, 0.15) is 23.0 Å². The minimum Gasteiger partial charge on any atom is -0.486 e. The summed E-state index contributed by atoms with van der Waals surface area (Å²) in [6.07, 6.45) is -1.05. The minimum atomic E-state index is -1.05. The van der Waals surface area contributed by atoms with E-state index in [9.17, 15) is 14.0 Å². The maximum Gasteiger partial charge on any atom is 0.340 e. The SMILES string of the molecule is Cc1nc2cc(F)ccc2cc1C(=O)OC(C)C(=O)Nc1ccc2c(c1)OCCO2. The average Bonchev–Trinajstić information content (AvgIpc) is 2.72. The molecule has 1 unspecified atom stereocenters. The predicted molar refractivity (Wildman–Crippen MR) is 107 cm³/mol. The molecule has 3 aromatic rings. The maximum absolute atomic E-state index is 13.4. The molecule has 1 aromatic heterocycles. The Morgan fingerprint density at radius 2 is 1.87 bits per heavy atom. The van der Waals surface area contributed by atoms with Crippen molar-refractivity contribution < 1.29 is 28.2 Å². The number of rotatable bonds is 4. The van der Waals surface area contributed by atoms with Crippen LogP contribution in [0.15, 0.2) is 42.5 Å². The van der Waals surface area contributed by atoms with E-state index in [0.29, 0.717) is 47.0 Å². The van der Waals surface area contributed by atoms with Crippen molar-refractivity contribution in [1.82, 2.24) is 4.98 Å². The highest BCUT2D eigenvalue weighted by Gasteiger charge is 2.22. The number of pyridine rings is 1. The summed E-state index contributed by atoms with van der Waals surface area (Å²) in [7, 11) is 0. The minimum absolute atomic E-state index is 0.216. The zero-order valence-electron chi connectivity index (χ0n) is 16.4. The van der Waals surface area contributed by atoms with Crippen molar-refractivity contribution in [3.63, 3.8) is 0 Å². The third-order valence-corrected chi connectivity index (χ3v) is 4.65. The highest BCUT2D eigenvalue weighted by molar-refractivity contribution is 5.99. The van der Waals surface area contributed by atoms with Gasteiger partial charge in [-0.15, -0.1) is 0 Å². The fourth-order valence-corrected chi connectivity index (χ4v) is 3.09. The number of aromatic nitrogens is 1. The van der Waals surface area contributed by atoms with E-state index >= 15 is 0 Å². The van der Waals surface area contributed by atoms with E-state index in [1.807, 2.05) is 0 Å². The molecule has 0 radical (unpaired) electrons. The van der Waals surface area contributed by atoms with Gasteiger partial charge in [0.25, 0.3) is 5.91 Å². The van der Waals surface area contributed by atoms with Gasteiger partial charge in [-0.05, 0) is 44.2 Å². The first-order valence-electron chi connectivity index (χ1n) is 9.39. The number of nitrogens with zero attached hydrogens (tertiary/aromatic N) is 1. The molecule has 1 N–H and O–H groups in total. The number of halogens is 1. The van der Waals surface area contributed by atoms with Crippen LogP contribution in [0.3, 0.4) is 0 Å². The van der Waals surface area contributed by atoms with Crippen molar-refractivity contribution in [2.45, 2.75) is 20.0 Å². The molecule has 0 aliphatic carbocycles. The fraction of sp³-hybridized carbons (Fsp3) is 0.227. The van der Waals surface area contributed by atoms with Crippen molar-refractivity contribution in [1.29, 1.82) is 0 Å². The van der Waals surface area contributed by atoms with Crippen LogP contribution in [0.5, 0.6) is 11.5 Å². The van der Waals surface area contributed by atoms with Gasteiger partial charge in [-0.1, -0.05) is 0 Å². The molecule has 7 nitrogen and oxygen atoms in total. The Morgan fingerprint density at radius 3 is 2.67 bits per heavy atom. The number of aryl methyl sites for hydroxylation is 1. The summed E-state index contributed by atoms with van der Waals surface area (Å²) in [5, 5.41) is 3.29. The maximum atomic E-state index is 13.4. The molecule has 0 saturated heterocycles. The molecule has 1 aliphatic heterocycles. The number of esters is 1. The van der Waals surface area contributed by atoms with Crippen molar-refractivity contribution >= 4 is 28.5 Å². The molecule has 2 aromatic carbocycles. The topological polar surface area (TPSA) is 86.8 Å². The summed E-state index contributed by atoms with van der Waals surface area (Å²) >= 11 is 0. The van der Waals surface area contributed by atoms with E-state index in [1.54, 1.807) is 31.2 Å². The average molecular weight is 410 g/mol. The van der Waals surface area contributed by atoms with Crippen molar-refractivity contribution in [2.24, 2.45) is 0 Å². The third-order valence-electron chi connectivity index (χ3n) is 4.65. The molecule has 0 spiro atoms. The molecule has 1 atom stereocenters. The number of benzene rings is 2. The predicted octanol–water partition coefficient (Wildman–Crippen LogP) is 3.64. The second kappa shape index (κ2) is 7.98. The molecule has 0 fully saturated rings. The Bertz CT molecular complexity index is 1150. The van der Waals surface area contributed by atoms with Gasteiger partial charge in [0.2, 0.25) is 0 Å². The zero-order valence-corrected chi connectivity index (χ0v) is 16.4. The molecule has 1 amide bonds. The molecule has 4 rings (SSSR count). The standard InChI is InChI=1S/C22H19FN2O5/c1-12-17(9-14-3-4-15(23)10-18(14)24-12)22(27)30-13(2)21(26)25-16-5-6-19-20(11-16)29-8-7-28-19/h3-6,9-11,13H,7-8H2,1-2H3,(H,25,26). The first-order chi connectivity index (χ1) is 14.4. The molecular formula is C22H19FN2O5. The Balaban J connectivity index is 1.45. The number of hydrogen-bond acceptors (Lipinski definition) is 6. The van der Waals surface area contributed by atoms with Crippen LogP contribution in [0.25, 0.3) is 10.9 Å². The number of amides is 1. The first-order valence-corrected chi connectivity index (χ1v) is 9.39. The van der Waals surface area contributed by atoms with Gasteiger partial charge in [-0.25, -0.2) is 9.18 Å². The highest BCUT2D eigenvalue weighted by Crippen LogP contribution is 2.32. The lowest BCUT2D eigenvalue weighted by atomic mass is 10.1. The number of carbonyl (C=O) groups excluding carboxylic acids is 2. The van der Waals surface area contributed by atoms with Crippen LogP contribution in [-0.4, -0.2) is 36.2 Å². The summed E-state index contributed by atoms with van der Waals surface area (Å²) in [4.78, 5) is 29.3. The number of ether oxygens (including phenoxy) is 3. The molecule has 0 saturated carbocycles. The van der Waals surface area contributed by atoms with Gasteiger partial charge < -0.3 is 19.5 Å². The van der Waals surface area contributed by atoms with Crippen LogP contribution in [-0.2, 0) is 9.53 Å². The molecule has 2 heterocycles. The number of carbonyl (C=O) groups is 2. The number of fused-ring (bicyclic) bond motifs is 2. The smallest absolute Gasteiger partial charge is 0.340 e. The van der Waals surface area contributed by atoms with Gasteiger partial charge >= 0.3 is 5.97 Å². The first kappa shape index (κ1) is 19.6. The van der Waals surface area contributed by atoms with Gasteiger partial charge in [0.15, 0.2) is 17.6 Å². The lowest BCUT2D eigenvalue weighted by Crippen LogP contribution is -2.30. The Hall–Kier alpha value is -3.68. The normalized spacial score (nSPS) is 13.6.